The van der Waals surface area contributed by atoms with E-state index in [2.05, 4.69) is 21.6 Å². The molecule has 2 N–H and O–H groups in total. The van der Waals surface area contributed by atoms with Gasteiger partial charge in [-0.15, -0.1) is 0 Å². The lowest BCUT2D eigenvalue weighted by atomic mass is 9.77. The van der Waals surface area contributed by atoms with Gasteiger partial charge in [-0.25, -0.2) is 4.68 Å². The van der Waals surface area contributed by atoms with Crippen molar-refractivity contribution >= 4 is 11.5 Å². The van der Waals surface area contributed by atoms with Crippen LogP contribution in [0.15, 0.2) is 0 Å². The number of rotatable bonds is 3. The molecule has 1 aromatic heterocycles. The highest BCUT2D eigenvalue weighted by molar-refractivity contribution is 5.66. The maximum absolute atomic E-state index is 6.28. The maximum Gasteiger partial charge on any atom is 0.150 e. The molecule has 3 rings (SSSR count). The Bertz CT molecular complexity index is 461. The molecule has 4 nitrogen and oxygen atoms in total. The van der Waals surface area contributed by atoms with E-state index < -0.39 is 0 Å². The summed E-state index contributed by atoms with van der Waals surface area (Å²) in [5.41, 5.74) is 8.82. The molecule has 1 saturated carbocycles. The van der Waals surface area contributed by atoms with Crippen LogP contribution in [0.2, 0.25) is 0 Å². The van der Waals surface area contributed by atoms with Crippen LogP contribution < -0.4 is 10.6 Å². The monoisotopic (exact) mass is 276 g/mol. The summed E-state index contributed by atoms with van der Waals surface area (Å²) in [6.07, 6.45) is 9.55. The molecular weight excluding hydrogens is 248 g/mol. The van der Waals surface area contributed by atoms with Gasteiger partial charge in [0.25, 0.3) is 0 Å². The van der Waals surface area contributed by atoms with Crippen molar-refractivity contribution in [3.05, 3.63) is 5.69 Å². The third kappa shape index (κ3) is 2.29. The summed E-state index contributed by atoms with van der Waals surface area (Å²) in [5.74, 6) is 1.18. The second-order valence-corrected chi connectivity index (χ2v) is 6.74. The van der Waals surface area contributed by atoms with Gasteiger partial charge in [0.1, 0.15) is 0 Å². The molecule has 1 aliphatic heterocycles. The summed E-state index contributed by atoms with van der Waals surface area (Å²) in [6.45, 7) is 7.49. The summed E-state index contributed by atoms with van der Waals surface area (Å²) >= 11 is 0. The highest BCUT2D eigenvalue weighted by atomic mass is 15.4. The Morgan fingerprint density at radius 1 is 1.15 bits per heavy atom. The number of nitrogens with two attached hydrogens (primary N) is 1. The lowest BCUT2D eigenvalue weighted by molar-refractivity contribution is 0.225. The van der Waals surface area contributed by atoms with Gasteiger partial charge in [-0.3, -0.25) is 0 Å². The van der Waals surface area contributed by atoms with Gasteiger partial charge in [0.15, 0.2) is 5.82 Å². The van der Waals surface area contributed by atoms with Crippen LogP contribution in [0.1, 0.15) is 57.6 Å². The van der Waals surface area contributed by atoms with Gasteiger partial charge < -0.3 is 10.6 Å². The van der Waals surface area contributed by atoms with Gasteiger partial charge in [0, 0.05) is 19.6 Å². The number of aryl methyl sites for hydroxylation is 2. The van der Waals surface area contributed by atoms with Crippen LogP contribution in [0.5, 0.6) is 0 Å². The predicted molar refractivity (Wildman–Crippen MR) is 84.0 cm³/mol. The van der Waals surface area contributed by atoms with E-state index in [1.165, 1.54) is 44.3 Å². The number of nitrogen functional groups attached to an aromatic ring is 1. The smallest absolute Gasteiger partial charge is 0.150 e. The normalized spacial score (nSPS) is 21.8. The summed E-state index contributed by atoms with van der Waals surface area (Å²) in [7, 11) is 0. The largest absolute Gasteiger partial charge is 0.394 e. The van der Waals surface area contributed by atoms with E-state index in [0.29, 0.717) is 5.41 Å². The van der Waals surface area contributed by atoms with Crippen molar-refractivity contribution in [2.24, 2.45) is 5.41 Å². The molecule has 1 saturated heterocycles. The molecule has 0 unspecified atom stereocenters. The van der Waals surface area contributed by atoms with Gasteiger partial charge in [-0.2, -0.15) is 5.10 Å². The Morgan fingerprint density at radius 3 is 2.40 bits per heavy atom. The molecule has 2 aliphatic rings. The summed E-state index contributed by atoms with van der Waals surface area (Å²) in [6, 6.07) is 0. The van der Waals surface area contributed by atoms with E-state index >= 15 is 0 Å². The number of piperidine rings is 1. The zero-order chi connectivity index (χ0) is 14.2. The molecule has 1 aliphatic carbocycles. The third-order valence-corrected chi connectivity index (χ3v) is 5.37. The van der Waals surface area contributed by atoms with Crippen LogP contribution in [0, 0.1) is 12.3 Å². The molecule has 2 fully saturated rings. The molecular formula is C16H28N4. The van der Waals surface area contributed by atoms with Crippen molar-refractivity contribution in [3.63, 3.8) is 0 Å². The zero-order valence-corrected chi connectivity index (χ0v) is 13.0. The Balaban J connectivity index is 1.77. The van der Waals surface area contributed by atoms with Crippen molar-refractivity contribution in [2.75, 3.05) is 23.7 Å². The van der Waals surface area contributed by atoms with Crippen LogP contribution in [0.4, 0.5) is 11.5 Å². The van der Waals surface area contributed by atoms with Gasteiger partial charge in [-0.05, 0) is 44.4 Å². The summed E-state index contributed by atoms with van der Waals surface area (Å²) in [4.78, 5) is 2.48. The van der Waals surface area contributed by atoms with Crippen LogP contribution in [0.25, 0.3) is 0 Å². The summed E-state index contributed by atoms with van der Waals surface area (Å²) < 4.78 is 2.12. The summed E-state index contributed by atoms with van der Waals surface area (Å²) in [5, 5.41) is 4.61. The number of nitrogens with zero attached hydrogens (tertiary/aromatic N) is 3. The Morgan fingerprint density at radius 2 is 1.80 bits per heavy atom. The Hall–Kier alpha value is -1.19. The molecule has 0 aromatic carbocycles. The molecule has 20 heavy (non-hydrogen) atoms. The number of aromatic nitrogens is 2. The fraction of sp³-hybridized carbons (Fsp3) is 0.812. The highest BCUT2D eigenvalue weighted by Crippen LogP contribution is 2.47. The van der Waals surface area contributed by atoms with Gasteiger partial charge in [-0.1, -0.05) is 19.8 Å². The predicted octanol–water partition coefficient (Wildman–Crippen LogP) is 3.34. The van der Waals surface area contributed by atoms with Crippen LogP contribution in [-0.2, 0) is 6.54 Å². The van der Waals surface area contributed by atoms with Crippen molar-refractivity contribution in [2.45, 2.75) is 65.3 Å². The highest BCUT2D eigenvalue weighted by Gasteiger charge is 2.37. The molecule has 0 bridgehead atoms. The third-order valence-electron chi connectivity index (χ3n) is 5.37. The first-order chi connectivity index (χ1) is 9.65. The zero-order valence-electron chi connectivity index (χ0n) is 13.0. The second kappa shape index (κ2) is 5.30. The second-order valence-electron chi connectivity index (χ2n) is 6.74. The molecule has 0 atom stereocenters. The Kier molecular flexibility index (Phi) is 3.65. The topological polar surface area (TPSA) is 47.1 Å². The van der Waals surface area contributed by atoms with Crippen LogP contribution in [-0.4, -0.2) is 22.9 Å². The number of hydrogen-bond donors (Lipinski definition) is 1. The van der Waals surface area contributed by atoms with E-state index in [1.807, 2.05) is 6.92 Å². The Labute approximate surface area is 122 Å². The first-order valence-electron chi connectivity index (χ1n) is 8.23. The van der Waals surface area contributed by atoms with Crippen molar-refractivity contribution in [1.82, 2.24) is 9.78 Å². The molecule has 4 heteroatoms. The first kappa shape index (κ1) is 13.8. The quantitative estimate of drug-likeness (QED) is 0.921. The van der Waals surface area contributed by atoms with E-state index in [0.717, 1.165) is 37.4 Å². The fourth-order valence-corrected chi connectivity index (χ4v) is 4.10. The van der Waals surface area contributed by atoms with E-state index in [4.69, 9.17) is 5.73 Å². The van der Waals surface area contributed by atoms with E-state index in [9.17, 15) is 0 Å². The molecule has 1 aromatic rings. The SMILES string of the molecule is CCCn1nc(C)c(N)c1N1CCC2(CCCC2)CC1. The standard InChI is InChI=1S/C16H28N4/c1-3-10-20-15(14(17)13(2)18-20)19-11-8-16(9-12-19)6-4-5-7-16/h3-12,17H2,1-2H3. The minimum atomic E-state index is 0.663. The average Bonchev–Trinajstić information content (AvgIpc) is 2.99. The number of anilines is 2. The molecule has 1 spiro atoms. The lowest BCUT2D eigenvalue weighted by Crippen LogP contribution is -2.40. The van der Waals surface area contributed by atoms with Crippen molar-refractivity contribution in [1.29, 1.82) is 0 Å². The minimum Gasteiger partial charge on any atom is -0.394 e. The van der Waals surface area contributed by atoms with Crippen LogP contribution >= 0.6 is 0 Å². The minimum absolute atomic E-state index is 0.663. The molecule has 0 radical (unpaired) electrons. The van der Waals surface area contributed by atoms with Gasteiger partial charge in [0.05, 0.1) is 11.4 Å². The van der Waals surface area contributed by atoms with Gasteiger partial charge in [0.2, 0.25) is 0 Å². The van der Waals surface area contributed by atoms with Crippen molar-refractivity contribution < 1.29 is 0 Å². The molecule has 0 amide bonds. The van der Waals surface area contributed by atoms with E-state index in [-0.39, 0.29) is 0 Å². The average molecular weight is 276 g/mol. The number of hydrogen-bond acceptors (Lipinski definition) is 3. The molecule has 2 heterocycles. The molecule has 112 valence electrons. The maximum atomic E-state index is 6.28. The van der Waals surface area contributed by atoms with E-state index in [1.54, 1.807) is 0 Å². The first-order valence-corrected chi connectivity index (χ1v) is 8.23. The lowest BCUT2D eigenvalue weighted by Gasteiger charge is -2.40. The van der Waals surface area contributed by atoms with Gasteiger partial charge >= 0.3 is 0 Å². The van der Waals surface area contributed by atoms with Crippen LogP contribution in [0.3, 0.4) is 0 Å². The van der Waals surface area contributed by atoms with Crippen molar-refractivity contribution in [3.8, 4) is 0 Å². The fourth-order valence-electron chi connectivity index (χ4n) is 4.10.